The molecule has 1 atom stereocenters. The maximum absolute atomic E-state index is 13.1. The summed E-state index contributed by atoms with van der Waals surface area (Å²) >= 11 is 0. The van der Waals surface area contributed by atoms with Crippen LogP contribution in [0.3, 0.4) is 0 Å². The summed E-state index contributed by atoms with van der Waals surface area (Å²) in [5.41, 5.74) is -1.43. The van der Waals surface area contributed by atoms with Gasteiger partial charge in [0.15, 0.2) is 5.41 Å². The molecule has 2 heterocycles. The number of anilines is 1. The van der Waals surface area contributed by atoms with Gasteiger partial charge in [0.05, 0.1) is 17.6 Å². The first-order chi connectivity index (χ1) is 9.17. The van der Waals surface area contributed by atoms with Gasteiger partial charge in [0.2, 0.25) is 0 Å². The lowest BCUT2D eigenvalue weighted by Crippen LogP contribution is -2.47. The van der Waals surface area contributed by atoms with Gasteiger partial charge in [-0.2, -0.15) is 13.2 Å². The minimum Gasteiger partial charge on any atom is -0.481 e. The number of halogens is 3. The van der Waals surface area contributed by atoms with Crippen molar-refractivity contribution in [3.05, 3.63) is 17.6 Å². The molecular formula is C12H14F3N3O2. The molecule has 0 aromatic carbocycles. The van der Waals surface area contributed by atoms with Gasteiger partial charge in [-0.15, -0.1) is 0 Å². The largest absolute Gasteiger partial charge is 0.481 e. The zero-order chi connectivity index (χ0) is 15.1. The highest BCUT2D eigenvalue weighted by Gasteiger charge is 2.63. The Labute approximate surface area is 113 Å². The molecule has 1 aliphatic heterocycles. The van der Waals surface area contributed by atoms with Gasteiger partial charge >= 0.3 is 12.1 Å². The van der Waals surface area contributed by atoms with E-state index in [1.54, 1.807) is 13.8 Å². The van der Waals surface area contributed by atoms with Crippen LogP contribution in [0.5, 0.6) is 0 Å². The van der Waals surface area contributed by atoms with Crippen molar-refractivity contribution in [1.29, 1.82) is 0 Å². The van der Waals surface area contributed by atoms with Crippen molar-refractivity contribution < 1.29 is 23.1 Å². The predicted molar refractivity (Wildman–Crippen MR) is 64.5 cm³/mol. The zero-order valence-electron chi connectivity index (χ0n) is 11.0. The molecule has 5 nitrogen and oxygen atoms in total. The highest BCUT2D eigenvalue weighted by Crippen LogP contribution is 2.46. The monoisotopic (exact) mass is 289 g/mol. The van der Waals surface area contributed by atoms with Gasteiger partial charge in [0, 0.05) is 13.1 Å². The van der Waals surface area contributed by atoms with Crippen molar-refractivity contribution in [2.24, 2.45) is 5.41 Å². The van der Waals surface area contributed by atoms with E-state index in [9.17, 15) is 18.0 Å². The fourth-order valence-corrected chi connectivity index (χ4v) is 2.21. The van der Waals surface area contributed by atoms with E-state index in [1.807, 2.05) is 0 Å². The first-order valence-corrected chi connectivity index (χ1v) is 6.03. The number of aliphatic carboxylic acids is 1. The average molecular weight is 289 g/mol. The molecule has 0 bridgehead atoms. The number of alkyl halides is 3. The molecule has 0 spiro atoms. The second-order valence-corrected chi connectivity index (χ2v) is 4.96. The molecule has 8 heteroatoms. The molecular weight excluding hydrogens is 275 g/mol. The maximum atomic E-state index is 13.1. The summed E-state index contributed by atoms with van der Waals surface area (Å²) in [4.78, 5) is 20.6. The number of carbonyl (C=O) groups is 1. The van der Waals surface area contributed by atoms with Crippen LogP contribution in [0.4, 0.5) is 19.0 Å². The van der Waals surface area contributed by atoms with Gasteiger partial charge in [-0.1, -0.05) is 0 Å². The summed E-state index contributed by atoms with van der Waals surface area (Å²) in [7, 11) is 0. The third-order valence-corrected chi connectivity index (χ3v) is 3.72. The Morgan fingerprint density at radius 2 is 2.05 bits per heavy atom. The third-order valence-electron chi connectivity index (χ3n) is 3.72. The standard InChI is InChI=1S/C12H14F3N3O2/c1-7-8(2)17-9(5-16-7)18-4-3-11(6-18,10(19)20)12(13,14)15/h5H,3-4,6H2,1-2H3,(H,19,20). The van der Waals surface area contributed by atoms with Crippen molar-refractivity contribution in [2.45, 2.75) is 26.4 Å². The second-order valence-electron chi connectivity index (χ2n) is 4.96. The Balaban J connectivity index is 2.31. The molecule has 1 unspecified atom stereocenters. The molecule has 1 saturated heterocycles. The molecule has 1 aromatic heterocycles. The van der Waals surface area contributed by atoms with Crippen molar-refractivity contribution in [2.75, 3.05) is 18.0 Å². The molecule has 0 amide bonds. The fraction of sp³-hybridized carbons (Fsp3) is 0.583. The summed E-state index contributed by atoms with van der Waals surface area (Å²) < 4.78 is 39.2. The lowest BCUT2D eigenvalue weighted by molar-refractivity contribution is -0.225. The van der Waals surface area contributed by atoms with Crippen LogP contribution in [0.25, 0.3) is 0 Å². The Hall–Kier alpha value is -1.86. The average Bonchev–Trinajstić information content (AvgIpc) is 2.78. The third kappa shape index (κ3) is 2.19. The lowest BCUT2D eigenvalue weighted by Gasteiger charge is -2.27. The van der Waals surface area contributed by atoms with Crippen LogP contribution in [0.15, 0.2) is 6.20 Å². The predicted octanol–water partition coefficient (Wildman–Crippen LogP) is 1.94. The summed E-state index contributed by atoms with van der Waals surface area (Å²) in [5, 5.41) is 8.98. The van der Waals surface area contributed by atoms with Crippen molar-refractivity contribution in [1.82, 2.24) is 9.97 Å². The molecule has 0 aliphatic carbocycles. The van der Waals surface area contributed by atoms with Gasteiger partial charge in [0.1, 0.15) is 5.82 Å². The number of hydrogen-bond donors (Lipinski definition) is 1. The van der Waals surface area contributed by atoms with E-state index in [4.69, 9.17) is 5.11 Å². The summed E-state index contributed by atoms with van der Waals surface area (Å²) in [6.07, 6.45) is -3.90. The highest BCUT2D eigenvalue weighted by atomic mass is 19.4. The molecule has 1 aromatic rings. The number of nitrogens with zero attached hydrogens (tertiary/aromatic N) is 3. The molecule has 110 valence electrons. The number of rotatable bonds is 2. The van der Waals surface area contributed by atoms with Crippen molar-refractivity contribution in [3.63, 3.8) is 0 Å². The van der Waals surface area contributed by atoms with Crippen LogP contribution in [-0.4, -0.2) is 40.3 Å². The molecule has 20 heavy (non-hydrogen) atoms. The van der Waals surface area contributed by atoms with E-state index in [0.29, 0.717) is 11.4 Å². The number of hydrogen-bond acceptors (Lipinski definition) is 4. The maximum Gasteiger partial charge on any atom is 0.406 e. The summed E-state index contributed by atoms with van der Waals surface area (Å²) in [6, 6.07) is 0. The van der Waals surface area contributed by atoms with Crippen LogP contribution >= 0.6 is 0 Å². The van der Waals surface area contributed by atoms with E-state index >= 15 is 0 Å². The summed E-state index contributed by atoms with van der Waals surface area (Å²) in [5.74, 6) is -1.57. The quantitative estimate of drug-likeness (QED) is 0.901. The number of carboxylic acid groups (broad SMARTS) is 1. The SMILES string of the molecule is Cc1ncc(N2CCC(C(=O)O)(C(F)(F)F)C2)nc1C. The first kappa shape index (κ1) is 14.5. The van der Waals surface area contributed by atoms with Crippen molar-refractivity contribution >= 4 is 11.8 Å². The Kier molecular flexibility index (Phi) is 3.35. The minimum absolute atomic E-state index is 0.0109. The summed E-state index contributed by atoms with van der Waals surface area (Å²) in [6.45, 7) is 2.80. The smallest absolute Gasteiger partial charge is 0.406 e. The van der Waals surface area contributed by atoms with E-state index in [1.165, 1.54) is 11.1 Å². The molecule has 1 fully saturated rings. The van der Waals surface area contributed by atoms with Gasteiger partial charge in [-0.05, 0) is 20.3 Å². The number of carboxylic acids is 1. The number of aryl methyl sites for hydroxylation is 2. The molecule has 1 aliphatic rings. The van der Waals surface area contributed by atoms with Crippen LogP contribution in [-0.2, 0) is 4.79 Å². The molecule has 0 radical (unpaired) electrons. The van der Waals surface area contributed by atoms with Gasteiger partial charge in [-0.3, -0.25) is 9.78 Å². The molecule has 1 N–H and O–H groups in total. The normalized spacial score (nSPS) is 23.1. The molecule has 2 rings (SSSR count). The minimum atomic E-state index is -4.79. The van der Waals surface area contributed by atoms with E-state index in [2.05, 4.69) is 9.97 Å². The van der Waals surface area contributed by atoms with E-state index in [0.717, 1.165) is 0 Å². The Morgan fingerprint density at radius 1 is 1.40 bits per heavy atom. The zero-order valence-corrected chi connectivity index (χ0v) is 11.0. The van der Waals surface area contributed by atoms with E-state index < -0.39 is 30.5 Å². The fourth-order valence-electron chi connectivity index (χ4n) is 2.21. The van der Waals surface area contributed by atoms with Crippen LogP contribution in [0.2, 0.25) is 0 Å². The topological polar surface area (TPSA) is 66.3 Å². The van der Waals surface area contributed by atoms with Gasteiger partial charge in [-0.25, -0.2) is 4.98 Å². The second kappa shape index (κ2) is 4.60. The first-order valence-electron chi connectivity index (χ1n) is 6.03. The van der Waals surface area contributed by atoms with Crippen LogP contribution in [0.1, 0.15) is 17.8 Å². The lowest BCUT2D eigenvalue weighted by atomic mass is 9.86. The van der Waals surface area contributed by atoms with Gasteiger partial charge < -0.3 is 10.0 Å². The van der Waals surface area contributed by atoms with E-state index in [-0.39, 0.29) is 12.4 Å². The molecule has 0 saturated carbocycles. The van der Waals surface area contributed by atoms with Crippen molar-refractivity contribution in [3.8, 4) is 0 Å². The van der Waals surface area contributed by atoms with Gasteiger partial charge in [0.25, 0.3) is 0 Å². The highest BCUT2D eigenvalue weighted by molar-refractivity contribution is 5.77. The Bertz CT molecular complexity index is 547. The van der Waals surface area contributed by atoms with Crippen LogP contribution in [0, 0.1) is 19.3 Å². The number of aromatic nitrogens is 2. The van der Waals surface area contributed by atoms with Crippen LogP contribution < -0.4 is 4.90 Å². The Morgan fingerprint density at radius 3 is 2.50 bits per heavy atom.